The molecule has 6 heteroatoms. The van der Waals surface area contributed by atoms with Crippen LogP contribution in [0.3, 0.4) is 0 Å². The smallest absolute Gasteiger partial charge is 0.328 e. The Bertz CT molecular complexity index is 1360. The number of esters is 1. The number of amides is 2. The monoisotopic (exact) mass is 568 g/mol. The van der Waals surface area contributed by atoms with Crippen LogP contribution in [-0.4, -0.2) is 35.8 Å². The number of aryl methyl sites for hydroxylation is 1. The lowest BCUT2D eigenvalue weighted by atomic mass is 10.00. The molecular weight excluding hydrogens is 524 g/mol. The second kappa shape index (κ2) is 14.8. The molecule has 1 heterocycles. The predicted molar refractivity (Wildman–Crippen MR) is 168 cm³/mol. The molecule has 2 amide bonds. The summed E-state index contributed by atoms with van der Waals surface area (Å²) in [5, 5.41) is 2.98. The molecule has 1 aliphatic rings. The summed E-state index contributed by atoms with van der Waals surface area (Å²) in [7, 11) is 1.35. The van der Waals surface area contributed by atoms with E-state index in [9.17, 15) is 14.4 Å². The number of benzene rings is 3. The highest BCUT2D eigenvalue weighted by molar-refractivity contribution is 6.04. The molecule has 1 atom stereocenters. The lowest BCUT2D eigenvalue weighted by Crippen LogP contribution is -2.45. The van der Waals surface area contributed by atoms with E-state index in [1.54, 1.807) is 4.90 Å². The largest absolute Gasteiger partial charge is 0.467 e. The van der Waals surface area contributed by atoms with Crippen LogP contribution in [0.25, 0.3) is 11.1 Å². The second-order valence-corrected chi connectivity index (χ2v) is 11.6. The van der Waals surface area contributed by atoms with Crippen molar-refractivity contribution in [2.45, 2.75) is 84.7 Å². The van der Waals surface area contributed by atoms with E-state index >= 15 is 0 Å². The number of ether oxygens (including phenoxy) is 1. The molecular formula is C36H44N2O4. The summed E-state index contributed by atoms with van der Waals surface area (Å²) >= 11 is 0. The number of hydrogen-bond donors (Lipinski definition) is 1. The molecule has 0 bridgehead atoms. The number of unbranched alkanes of at least 4 members (excludes halogenated alkanes) is 6. The van der Waals surface area contributed by atoms with Gasteiger partial charge in [-0.15, -0.1) is 0 Å². The molecule has 0 aromatic heterocycles. The maximum Gasteiger partial charge on any atom is 0.328 e. The van der Waals surface area contributed by atoms with Crippen molar-refractivity contribution in [3.8, 4) is 11.1 Å². The standard InChI is InChI=1S/C36H44N2O4/c1-5-6-7-8-9-10-11-12-26-13-15-28(16-14-26)34(39)37-31-21-19-27(20-22-31)29-17-18-30-24-38(35(40)32(30)23-29)33(25(2)3)36(41)42-4/h13-23,25,33H,5-12,24H2,1-4H3,(H,37,39)/t33-/m0/s1. The number of fused-ring (bicyclic) bond motifs is 1. The zero-order valence-electron chi connectivity index (χ0n) is 25.4. The van der Waals surface area contributed by atoms with E-state index in [2.05, 4.69) is 24.4 Å². The van der Waals surface area contributed by atoms with Crippen molar-refractivity contribution in [1.29, 1.82) is 0 Å². The van der Waals surface area contributed by atoms with Crippen molar-refractivity contribution >= 4 is 23.5 Å². The number of nitrogens with zero attached hydrogens (tertiary/aromatic N) is 1. The maximum atomic E-state index is 13.3. The van der Waals surface area contributed by atoms with Crippen LogP contribution in [0.15, 0.2) is 66.7 Å². The molecule has 222 valence electrons. The van der Waals surface area contributed by atoms with Gasteiger partial charge in [0.15, 0.2) is 0 Å². The summed E-state index contributed by atoms with van der Waals surface area (Å²) in [5.74, 6) is -0.763. The second-order valence-electron chi connectivity index (χ2n) is 11.6. The fraction of sp³-hybridized carbons (Fsp3) is 0.417. The van der Waals surface area contributed by atoms with E-state index in [0.717, 1.165) is 23.1 Å². The highest BCUT2D eigenvalue weighted by Gasteiger charge is 2.38. The quantitative estimate of drug-likeness (QED) is 0.158. The Kier molecular flexibility index (Phi) is 10.9. The molecule has 0 radical (unpaired) electrons. The summed E-state index contributed by atoms with van der Waals surface area (Å²) in [4.78, 5) is 40.1. The van der Waals surface area contributed by atoms with Gasteiger partial charge in [-0.2, -0.15) is 0 Å². The first-order chi connectivity index (χ1) is 20.3. The van der Waals surface area contributed by atoms with Crippen LogP contribution in [0.4, 0.5) is 5.69 Å². The van der Waals surface area contributed by atoms with Crippen molar-refractivity contribution in [2.75, 3.05) is 12.4 Å². The summed E-state index contributed by atoms with van der Waals surface area (Å²) in [6.45, 7) is 6.46. The molecule has 42 heavy (non-hydrogen) atoms. The molecule has 1 aliphatic heterocycles. The first-order valence-electron chi connectivity index (χ1n) is 15.3. The Hall–Kier alpha value is -3.93. The minimum absolute atomic E-state index is 0.0641. The molecule has 0 aliphatic carbocycles. The van der Waals surface area contributed by atoms with Crippen LogP contribution in [0.2, 0.25) is 0 Å². The van der Waals surface area contributed by atoms with E-state index in [1.807, 2.05) is 68.4 Å². The zero-order chi connectivity index (χ0) is 30.1. The summed E-state index contributed by atoms with van der Waals surface area (Å²) < 4.78 is 4.97. The molecule has 6 nitrogen and oxygen atoms in total. The van der Waals surface area contributed by atoms with Gasteiger partial charge < -0.3 is 15.0 Å². The molecule has 0 spiro atoms. The summed E-state index contributed by atoms with van der Waals surface area (Å²) in [6, 6.07) is 20.7. The fourth-order valence-corrected chi connectivity index (χ4v) is 5.67. The minimum Gasteiger partial charge on any atom is -0.467 e. The van der Waals surface area contributed by atoms with E-state index < -0.39 is 12.0 Å². The number of carbonyl (C=O) groups is 3. The van der Waals surface area contributed by atoms with Crippen LogP contribution in [0, 0.1) is 5.92 Å². The molecule has 0 fully saturated rings. The van der Waals surface area contributed by atoms with E-state index in [1.165, 1.54) is 57.6 Å². The average molecular weight is 569 g/mol. The number of carbonyl (C=O) groups excluding carboxylic acids is 3. The Morgan fingerprint density at radius 2 is 1.50 bits per heavy atom. The van der Waals surface area contributed by atoms with Gasteiger partial charge in [-0.05, 0) is 71.3 Å². The van der Waals surface area contributed by atoms with Gasteiger partial charge in [-0.1, -0.05) is 95.7 Å². The van der Waals surface area contributed by atoms with E-state index in [0.29, 0.717) is 23.4 Å². The lowest BCUT2D eigenvalue weighted by Gasteiger charge is -2.28. The maximum absolute atomic E-state index is 13.3. The number of anilines is 1. The lowest BCUT2D eigenvalue weighted by molar-refractivity contribution is -0.147. The van der Waals surface area contributed by atoms with Crippen molar-refractivity contribution in [1.82, 2.24) is 4.90 Å². The molecule has 4 rings (SSSR count). The van der Waals surface area contributed by atoms with E-state index in [-0.39, 0.29) is 17.7 Å². The number of methoxy groups -OCH3 is 1. The third kappa shape index (κ3) is 7.67. The van der Waals surface area contributed by atoms with Gasteiger partial charge in [0.05, 0.1) is 7.11 Å². The van der Waals surface area contributed by atoms with Gasteiger partial charge >= 0.3 is 5.97 Å². The number of rotatable bonds is 14. The van der Waals surface area contributed by atoms with Gasteiger partial charge in [0.25, 0.3) is 11.8 Å². The number of nitrogens with one attached hydrogen (secondary N) is 1. The molecule has 3 aromatic rings. The average Bonchev–Trinajstić information content (AvgIpc) is 3.32. The van der Waals surface area contributed by atoms with Crippen molar-refractivity contribution in [3.63, 3.8) is 0 Å². The first-order valence-corrected chi connectivity index (χ1v) is 15.3. The summed E-state index contributed by atoms with van der Waals surface area (Å²) in [6.07, 6.45) is 10.1. The van der Waals surface area contributed by atoms with Crippen LogP contribution in [0.1, 0.15) is 97.6 Å². The first kappa shape index (κ1) is 31.0. The van der Waals surface area contributed by atoms with Crippen LogP contribution < -0.4 is 5.32 Å². The van der Waals surface area contributed by atoms with Crippen molar-refractivity contribution in [2.24, 2.45) is 5.92 Å². The molecule has 1 N–H and O–H groups in total. The van der Waals surface area contributed by atoms with Gasteiger partial charge in [0.2, 0.25) is 0 Å². The topological polar surface area (TPSA) is 75.7 Å². The van der Waals surface area contributed by atoms with Gasteiger partial charge in [-0.3, -0.25) is 9.59 Å². The zero-order valence-corrected chi connectivity index (χ0v) is 25.4. The number of hydrogen-bond acceptors (Lipinski definition) is 4. The SMILES string of the molecule is CCCCCCCCCc1ccc(C(=O)Nc2ccc(-c3ccc4c(c3)C(=O)N([C@H](C(=O)OC)C(C)C)C4)cc2)cc1. The molecule has 3 aromatic carbocycles. The Morgan fingerprint density at radius 3 is 2.14 bits per heavy atom. The predicted octanol–water partition coefficient (Wildman–Crippen LogP) is 8.05. The van der Waals surface area contributed by atoms with Crippen molar-refractivity contribution < 1.29 is 19.1 Å². The highest BCUT2D eigenvalue weighted by atomic mass is 16.5. The molecule has 0 saturated carbocycles. The third-order valence-corrected chi connectivity index (χ3v) is 8.11. The summed E-state index contributed by atoms with van der Waals surface area (Å²) in [5.41, 5.74) is 5.95. The van der Waals surface area contributed by atoms with Gasteiger partial charge in [0, 0.05) is 23.4 Å². The minimum atomic E-state index is -0.623. The molecule has 0 unspecified atom stereocenters. The van der Waals surface area contributed by atoms with Crippen LogP contribution in [-0.2, 0) is 22.5 Å². The van der Waals surface area contributed by atoms with E-state index in [4.69, 9.17) is 4.74 Å². The van der Waals surface area contributed by atoms with Crippen molar-refractivity contribution in [3.05, 3.63) is 89.0 Å². The Morgan fingerprint density at radius 1 is 0.857 bits per heavy atom. The Labute approximate surface area is 250 Å². The highest BCUT2D eigenvalue weighted by Crippen LogP contribution is 2.32. The van der Waals surface area contributed by atoms with Gasteiger partial charge in [0.1, 0.15) is 6.04 Å². The van der Waals surface area contributed by atoms with Crippen LogP contribution >= 0.6 is 0 Å². The van der Waals surface area contributed by atoms with Gasteiger partial charge in [-0.25, -0.2) is 4.79 Å². The normalized spacial score (nSPS) is 13.3. The fourth-order valence-electron chi connectivity index (χ4n) is 5.67. The Balaban J connectivity index is 1.33. The third-order valence-electron chi connectivity index (χ3n) is 8.11. The molecule has 0 saturated heterocycles. The van der Waals surface area contributed by atoms with Crippen LogP contribution in [0.5, 0.6) is 0 Å².